The molecule has 2 heterocycles. The Hall–Kier alpha value is -3.19. The summed E-state index contributed by atoms with van der Waals surface area (Å²) in [5, 5.41) is 14.0. The summed E-state index contributed by atoms with van der Waals surface area (Å²) in [6.45, 7) is 0. The van der Waals surface area contributed by atoms with Gasteiger partial charge in [0.2, 0.25) is 4.96 Å². The lowest BCUT2D eigenvalue weighted by Crippen LogP contribution is -1.94. The first-order valence-electron chi connectivity index (χ1n) is 7.96. The van der Waals surface area contributed by atoms with Crippen LogP contribution in [0.4, 0.5) is 0 Å². The minimum Gasteiger partial charge on any atom is -0.493 e. The summed E-state index contributed by atoms with van der Waals surface area (Å²) in [6, 6.07) is 15.7. The predicted molar refractivity (Wildman–Crippen MR) is 103 cm³/mol. The van der Waals surface area contributed by atoms with Crippen LogP contribution < -0.4 is 9.47 Å². The normalized spacial score (nSPS) is 11.3. The molecule has 4 aromatic rings. The van der Waals surface area contributed by atoms with Gasteiger partial charge < -0.3 is 9.47 Å². The van der Waals surface area contributed by atoms with Gasteiger partial charge in [-0.15, -0.1) is 10.2 Å². The Labute approximate surface area is 154 Å². The number of hydrogen-bond acceptors (Lipinski definition) is 6. The summed E-state index contributed by atoms with van der Waals surface area (Å²) < 4.78 is 12.4. The number of nitrogens with zero attached hydrogens (tertiary/aromatic N) is 4. The van der Waals surface area contributed by atoms with Crippen LogP contribution in [0.25, 0.3) is 28.5 Å². The van der Waals surface area contributed by atoms with Gasteiger partial charge in [-0.1, -0.05) is 47.7 Å². The number of fused-ring (bicyclic) bond motifs is 1. The number of hydrogen-bond donors (Lipinski definition) is 0. The second-order valence-electron chi connectivity index (χ2n) is 5.47. The van der Waals surface area contributed by atoms with E-state index in [9.17, 15) is 0 Å². The third-order valence-corrected chi connectivity index (χ3v) is 4.73. The van der Waals surface area contributed by atoms with Crippen molar-refractivity contribution in [2.45, 2.75) is 0 Å². The first-order chi connectivity index (χ1) is 12.8. The van der Waals surface area contributed by atoms with Crippen LogP contribution in [0.5, 0.6) is 11.5 Å². The van der Waals surface area contributed by atoms with E-state index in [1.54, 1.807) is 18.7 Å². The molecule has 0 amide bonds. The first kappa shape index (κ1) is 16.3. The fraction of sp³-hybridized carbons (Fsp3) is 0.105. The molecule has 0 unspecified atom stereocenters. The van der Waals surface area contributed by atoms with Gasteiger partial charge in [0.15, 0.2) is 17.3 Å². The molecule has 4 rings (SSSR count). The maximum Gasteiger partial charge on any atom is 0.235 e. The Balaban J connectivity index is 1.69. The van der Waals surface area contributed by atoms with Crippen LogP contribution in [0.3, 0.4) is 0 Å². The molecule has 0 aliphatic heterocycles. The van der Waals surface area contributed by atoms with Gasteiger partial charge in [0.25, 0.3) is 0 Å². The van der Waals surface area contributed by atoms with E-state index < -0.39 is 0 Å². The highest BCUT2D eigenvalue weighted by atomic mass is 32.1. The topological polar surface area (TPSA) is 61.5 Å². The molecule has 0 spiro atoms. The molecule has 7 heteroatoms. The SMILES string of the molecule is COc1ccc(-c2nnc3sc(C=Cc4ccccc4)nn23)cc1OC. The van der Waals surface area contributed by atoms with Crippen LogP contribution in [-0.2, 0) is 0 Å². The molecule has 0 fully saturated rings. The lowest BCUT2D eigenvalue weighted by molar-refractivity contribution is 0.355. The van der Waals surface area contributed by atoms with Gasteiger partial charge in [-0.25, -0.2) is 0 Å². The van der Waals surface area contributed by atoms with Gasteiger partial charge >= 0.3 is 0 Å². The molecule has 0 radical (unpaired) electrons. The second-order valence-corrected chi connectivity index (χ2v) is 6.46. The van der Waals surface area contributed by atoms with Crippen molar-refractivity contribution >= 4 is 28.4 Å². The standard InChI is InChI=1S/C19H16N4O2S/c1-24-15-10-9-14(12-16(15)25-2)18-20-21-19-23(18)22-17(26-19)11-8-13-6-4-3-5-7-13/h3-12H,1-2H3. The monoisotopic (exact) mass is 364 g/mol. The molecule has 2 aromatic heterocycles. The van der Waals surface area contributed by atoms with Gasteiger partial charge in [-0.2, -0.15) is 9.61 Å². The van der Waals surface area contributed by atoms with Crippen LogP contribution in [0.1, 0.15) is 10.6 Å². The van der Waals surface area contributed by atoms with E-state index in [1.807, 2.05) is 60.7 Å². The molecular weight excluding hydrogens is 348 g/mol. The van der Waals surface area contributed by atoms with E-state index >= 15 is 0 Å². The van der Waals surface area contributed by atoms with Gasteiger partial charge in [0.05, 0.1) is 14.2 Å². The zero-order valence-electron chi connectivity index (χ0n) is 14.3. The Morgan fingerprint density at radius 3 is 2.50 bits per heavy atom. The quantitative estimate of drug-likeness (QED) is 0.535. The summed E-state index contributed by atoms with van der Waals surface area (Å²) in [5.74, 6) is 1.97. The summed E-state index contributed by atoms with van der Waals surface area (Å²) in [5.41, 5.74) is 1.98. The molecule has 0 bridgehead atoms. The molecule has 130 valence electrons. The molecule has 2 aromatic carbocycles. The van der Waals surface area contributed by atoms with Crippen LogP contribution in [0.2, 0.25) is 0 Å². The van der Waals surface area contributed by atoms with E-state index in [0.29, 0.717) is 17.3 Å². The van der Waals surface area contributed by atoms with Crippen molar-refractivity contribution in [3.05, 3.63) is 59.1 Å². The molecule has 0 N–H and O–H groups in total. The summed E-state index contributed by atoms with van der Waals surface area (Å²) in [7, 11) is 3.22. The molecule has 0 saturated carbocycles. The van der Waals surface area contributed by atoms with Crippen LogP contribution in [-0.4, -0.2) is 34.0 Å². The highest BCUT2D eigenvalue weighted by Crippen LogP contribution is 2.32. The number of rotatable bonds is 5. The largest absolute Gasteiger partial charge is 0.493 e. The second kappa shape index (κ2) is 6.97. The van der Waals surface area contributed by atoms with Gasteiger partial charge in [-0.3, -0.25) is 0 Å². The van der Waals surface area contributed by atoms with Crippen molar-refractivity contribution < 1.29 is 9.47 Å². The Bertz CT molecular complexity index is 1070. The molecular formula is C19H16N4O2S. The average Bonchev–Trinajstić information content (AvgIpc) is 3.27. The zero-order chi connectivity index (χ0) is 17.9. The van der Waals surface area contributed by atoms with E-state index in [-0.39, 0.29) is 0 Å². The lowest BCUT2D eigenvalue weighted by atomic mass is 10.2. The highest BCUT2D eigenvalue weighted by Gasteiger charge is 2.14. The van der Waals surface area contributed by atoms with E-state index in [2.05, 4.69) is 15.3 Å². The maximum absolute atomic E-state index is 5.37. The van der Waals surface area contributed by atoms with Crippen molar-refractivity contribution in [2.75, 3.05) is 14.2 Å². The Kier molecular flexibility index (Phi) is 4.37. The lowest BCUT2D eigenvalue weighted by Gasteiger charge is -2.08. The third-order valence-electron chi connectivity index (χ3n) is 3.87. The van der Waals surface area contributed by atoms with Crippen molar-refractivity contribution in [3.8, 4) is 22.9 Å². The Morgan fingerprint density at radius 1 is 0.923 bits per heavy atom. The van der Waals surface area contributed by atoms with E-state index in [1.165, 1.54) is 11.3 Å². The van der Waals surface area contributed by atoms with Crippen molar-refractivity contribution in [3.63, 3.8) is 0 Å². The van der Waals surface area contributed by atoms with Gasteiger partial charge in [-0.05, 0) is 29.8 Å². The maximum atomic E-state index is 5.37. The van der Waals surface area contributed by atoms with Crippen molar-refractivity contribution in [1.29, 1.82) is 0 Å². The molecule has 0 atom stereocenters. The smallest absolute Gasteiger partial charge is 0.235 e. The molecule has 0 saturated heterocycles. The zero-order valence-corrected chi connectivity index (χ0v) is 15.1. The van der Waals surface area contributed by atoms with Crippen LogP contribution in [0.15, 0.2) is 48.5 Å². The Morgan fingerprint density at radius 2 is 1.73 bits per heavy atom. The van der Waals surface area contributed by atoms with Crippen molar-refractivity contribution in [1.82, 2.24) is 19.8 Å². The third kappa shape index (κ3) is 3.04. The number of aromatic nitrogens is 4. The minimum absolute atomic E-state index is 0.640. The number of ether oxygens (including phenoxy) is 2. The van der Waals surface area contributed by atoms with Crippen LogP contribution >= 0.6 is 11.3 Å². The summed E-state index contributed by atoms with van der Waals surface area (Å²) in [4.78, 5) is 0.738. The number of benzene rings is 2. The molecule has 0 aliphatic rings. The van der Waals surface area contributed by atoms with Gasteiger partial charge in [0, 0.05) is 5.56 Å². The summed E-state index contributed by atoms with van der Waals surface area (Å²) in [6.07, 6.45) is 4.01. The molecule has 0 aliphatic carbocycles. The minimum atomic E-state index is 0.640. The van der Waals surface area contributed by atoms with E-state index in [4.69, 9.17) is 9.47 Å². The average molecular weight is 364 g/mol. The first-order valence-corrected chi connectivity index (χ1v) is 8.78. The fourth-order valence-electron chi connectivity index (χ4n) is 2.59. The summed E-state index contributed by atoms with van der Waals surface area (Å²) >= 11 is 1.49. The predicted octanol–water partition coefficient (Wildman–Crippen LogP) is 4.04. The molecule has 6 nitrogen and oxygen atoms in total. The van der Waals surface area contributed by atoms with Crippen LogP contribution in [0, 0.1) is 0 Å². The fourth-order valence-corrected chi connectivity index (χ4v) is 3.33. The van der Waals surface area contributed by atoms with Gasteiger partial charge in [0.1, 0.15) is 5.01 Å². The highest BCUT2D eigenvalue weighted by molar-refractivity contribution is 7.17. The number of methoxy groups -OCH3 is 2. The van der Waals surface area contributed by atoms with Crippen molar-refractivity contribution in [2.24, 2.45) is 0 Å². The molecule has 26 heavy (non-hydrogen) atoms. The van der Waals surface area contributed by atoms with E-state index in [0.717, 1.165) is 21.1 Å².